The van der Waals surface area contributed by atoms with E-state index in [1.807, 2.05) is 11.9 Å². The van der Waals surface area contributed by atoms with Crippen molar-refractivity contribution in [2.24, 2.45) is 4.40 Å². The molecule has 1 aromatic carbocycles. The van der Waals surface area contributed by atoms with Gasteiger partial charge < -0.3 is 9.80 Å². The predicted octanol–water partition coefficient (Wildman–Crippen LogP) is 2.25. The summed E-state index contributed by atoms with van der Waals surface area (Å²) in [6, 6.07) is 7.02. The first-order chi connectivity index (χ1) is 11.9. The second-order valence-corrected chi connectivity index (χ2v) is 8.46. The molecule has 1 aliphatic carbocycles. The molecule has 0 N–H and O–H groups in total. The average molecular weight is 363 g/mol. The maximum absolute atomic E-state index is 12.7. The highest BCUT2D eigenvalue weighted by Crippen LogP contribution is 2.27. The molecule has 1 aromatic rings. The van der Waals surface area contributed by atoms with Gasteiger partial charge in [0, 0.05) is 25.7 Å². The second-order valence-electron chi connectivity index (χ2n) is 6.89. The Hall–Kier alpha value is -1.89. The SMILES string of the molecule is CN(CC(=O)N(C)C1CCCCCC1)C1=NS(=O)(=O)c2ccccc21. The van der Waals surface area contributed by atoms with E-state index in [4.69, 9.17) is 0 Å². The Balaban J connectivity index is 1.72. The molecule has 1 amide bonds. The number of carbonyl (C=O) groups excluding carboxylic acids is 1. The number of hydrogen-bond acceptors (Lipinski definition) is 4. The summed E-state index contributed by atoms with van der Waals surface area (Å²) < 4.78 is 28.2. The van der Waals surface area contributed by atoms with Gasteiger partial charge in [-0.25, -0.2) is 0 Å². The van der Waals surface area contributed by atoms with Crippen LogP contribution < -0.4 is 0 Å². The lowest BCUT2D eigenvalue weighted by molar-refractivity contribution is -0.132. The molecule has 3 rings (SSSR count). The molecule has 0 radical (unpaired) electrons. The van der Waals surface area contributed by atoms with E-state index in [0.29, 0.717) is 11.4 Å². The fourth-order valence-corrected chi connectivity index (χ4v) is 4.85. The Morgan fingerprint density at radius 1 is 1.12 bits per heavy atom. The van der Waals surface area contributed by atoms with Crippen molar-refractivity contribution in [2.75, 3.05) is 20.6 Å². The molecule has 1 aliphatic heterocycles. The van der Waals surface area contributed by atoms with Crippen LogP contribution in [-0.2, 0) is 14.8 Å². The van der Waals surface area contributed by atoms with Crippen molar-refractivity contribution >= 4 is 21.8 Å². The first kappa shape index (κ1) is 17.9. The quantitative estimate of drug-likeness (QED) is 0.773. The van der Waals surface area contributed by atoms with Crippen molar-refractivity contribution in [1.82, 2.24) is 9.80 Å². The molecule has 0 aromatic heterocycles. The molecule has 1 heterocycles. The van der Waals surface area contributed by atoms with E-state index < -0.39 is 10.0 Å². The molecule has 0 spiro atoms. The molecule has 0 saturated heterocycles. The number of amidine groups is 1. The van der Waals surface area contributed by atoms with Gasteiger partial charge in [-0.15, -0.1) is 4.40 Å². The maximum atomic E-state index is 12.7. The lowest BCUT2D eigenvalue weighted by Crippen LogP contribution is -2.43. The molecule has 136 valence electrons. The average Bonchev–Trinajstić information content (AvgIpc) is 2.76. The van der Waals surface area contributed by atoms with Crippen LogP contribution in [0.1, 0.15) is 44.1 Å². The number of sulfonamides is 1. The summed E-state index contributed by atoms with van der Waals surface area (Å²) in [5, 5.41) is 0. The van der Waals surface area contributed by atoms with Crippen LogP contribution in [0, 0.1) is 0 Å². The number of amides is 1. The van der Waals surface area contributed by atoms with Crippen LogP contribution in [0.15, 0.2) is 33.6 Å². The molecular weight excluding hydrogens is 338 g/mol. The topological polar surface area (TPSA) is 70.1 Å². The van der Waals surface area contributed by atoms with Crippen LogP contribution in [0.4, 0.5) is 0 Å². The van der Waals surface area contributed by atoms with Gasteiger partial charge in [0.2, 0.25) is 5.91 Å². The number of rotatable bonds is 3. The van der Waals surface area contributed by atoms with Gasteiger partial charge >= 0.3 is 0 Å². The zero-order valence-electron chi connectivity index (χ0n) is 14.8. The van der Waals surface area contributed by atoms with Crippen molar-refractivity contribution in [1.29, 1.82) is 0 Å². The van der Waals surface area contributed by atoms with Gasteiger partial charge in [0.1, 0.15) is 4.90 Å². The van der Waals surface area contributed by atoms with Gasteiger partial charge in [-0.1, -0.05) is 37.8 Å². The fraction of sp³-hybridized carbons (Fsp3) is 0.556. The largest absolute Gasteiger partial charge is 0.349 e. The highest BCUT2D eigenvalue weighted by Gasteiger charge is 2.31. The van der Waals surface area contributed by atoms with Gasteiger partial charge in [-0.3, -0.25) is 4.79 Å². The van der Waals surface area contributed by atoms with E-state index in [1.165, 1.54) is 12.8 Å². The maximum Gasteiger partial charge on any atom is 0.285 e. The smallest absolute Gasteiger partial charge is 0.285 e. The number of likely N-dealkylation sites (N-methyl/N-ethyl adjacent to an activating group) is 2. The lowest BCUT2D eigenvalue weighted by atomic mass is 10.1. The van der Waals surface area contributed by atoms with Gasteiger partial charge in [-0.05, 0) is 25.0 Å². The van der Waals surface area contributed by atoms with Gasteiger partial charge in [0.25, 0.3) is 10.0 Å². The number of benzene rings is 1. The predicted molar refractivity (Wildman–Crippen MR) is 97.1 cm³/mol. The molecule has 0 atom stereocenters. The van der Waals surface area contributed by atoms with Crippen LogP contribution in [-0.4, -0.2) is 56.6 Å². The summed E-state index contributed by atoms with van der Waals surface area (Å²) in [7, 11) is -0.0877. The zero-order chi connectivity index (χ0) is 18.0. The number of fused-ring (bicyclic) bond motifs is 1. The van der Waals surface area contributed by atoms with Crippen molar-refractivity contribution in [2.45, 2.75) is 49.5 Å². The summed E-state index contributed by atoms with van der Waals surface area (Å²) in [5.74, 6) is 0.345. The van der Waals surface area contributed by atoms with Crippen LogP contribution >= 0.6 is 0 Å². The second kappa shape index (κ2) is 7.15. The number of nitrogens with zero attached hydrogens (tertiary/aromatic N) is 3. The number of carbonyl (C=O) groups is 1. The fourth-order valence-electron chi connectivity index (χ4n) is 3.60. The normalized spacial score (nSPS) is 19.7. The third-order valence-electron chi connectivity index (χ3n) is 5.11. The van der Waals surface area contributed by atoms with E-state index in [2.05, 4.69) is 4.40 Å². The Morgan fingerprint density at radius 2 is 1.76 bits per heavy atom. The summed E-state index contributed by atoms with van der Waals surface area (Å²) in [5.41, 5.74) is 0.565. The summed E-state index contributed by atoms with van der Waals surface area (Å²) in [6.07, 6.45) is 6.90. The first-order valence-corrected chi connectivity index (χ1v) is 10.3. The van der Waals surface area contributed by atoms with Crippen LogP contribution in [0.25, 0.3) is 0 Å². The molecule has 6 nitrogen and oxygen atoms in total. The van der Waals surface area contributed by atoms with E-state index in [-0.39, 0.29) is 23.4 Å². The first-order valence-electron chi connectivity index (χ1n) is 8.81. The van der Waals surface area contributed by atoms with Gasteiger partial charge in [-0.2, -0.15) is 8.42 Å². The van der Waals surface area contributed by atoms with Crippen LogP contribution in [0.2, 0.25) is 0 Å². The zero-order valence-corrected chi connectivity index (χ0v) is 15.6. The summed E-state index contributed by atoms with van der Waals surface area (Å²) in [4.78, 5) is 16.4. The minimum absolute atomic E-state index is 0.00104. The van der Waals surface area contributed by atoms with Crippen molar-refractivity contribution < 1.29 is 13.2 Å². The Morgan fingerprint density at radius 3 is 2.44 bits per heavy atom. The molecule has 1 fully saturated rings. The minimum Gasteiger partial charge on any atom is -0.349 e. The molecule has 7 heteroatoms. The standard InChI is InChI=1S/C18H25N3O3S/c1-20(13-17(22)21(2)14-9-5-3-4-6-10-14)18-15-11-7-8-12-16(15)25(23,24)19-18/h7-8,11-12,14H,3-6,9-10,13H2,1-2H3. The highest BCUT2D eigenvalue weighted by molar-refractivity contribution is 7.90. The van der Waals surface area contributed by atoms with E-state index in [0.717, 1.165) is 25.7 Å². The van der Waals surface area contributed by atoms with Crippen LogP contribution in [0.3, 0.4) is 0 Å². The van der Waals surface area contributed by atoms with Crippen molar-refractivity contribution in [3.63, 3.8) is 0 Å². The minimum atomic E-state index is -3.66. The molecule has 25 heavy (non-hydrogen) atoms. The molecule has 2 aliphatic rings. The third kappa shape index (κ3) is 3.71. The van der Waals surface area contributed by atoms with E-state index >= 15 is 0 Å². The van der Waals surface area contributed by atoms with Gasteiger partial charge in [0.15, 0.2) is 5.84 Å². The monoisotopic (exact) mass is 363 g/mol. The Bertz CT molecular complexity index is 781. The number of hydrogen-bond donors (Lipinski definition) is 0. The summed E-state index contributed by atoms with van der Waals surface area (Å²) in [6.45, 7) is 0.121. The lowest BCUT2D eigenvalue weighted by Gasteiger charge is -2.29. The van der Waals surface area contributed by atoms with E-state index in [9.17, 15) is 13.2 Å². The molecular formula is C18H25N3O3S. The molecule has 0 unspecified atom stereocenters. The Kier molecular flexibility index (Phi) is 5.13. The Labute approximate surface area is 149 Å². The molecule has 0 bridgehead atoms. The van der Waals surface area contributed by atoms with E-state index in [1.54, 1.807) is 36.2 Å². The highest BCUT2D eigenvalue weighted by atomic mass is 32.2. The van der Waals surface area contributed by atoms with Crippen LogP contribution in [0.5, 0.6) is 0 Å². The van der Waals surface area contributed by atoms with Crippen molar-refractivity contribution in [3.05, 3.63) is 29.8 Å². The van der Waals surface area contributed by atoms with Crippen molar-refractivity contribution in [3.8, 4) is 0 Å². The summed E-state index contributed by atoms with van der Waals surface area (Å²) >= 11 is 0. The van der Waals surface area contributed by atoms with Gasteiger partial charge in [0.05, 0.1) is 6.54 Å². The third-order valence-corrected chi connectivity index (χ3v) is 6.44. The molecule has 1 saturated carbocycles.